The standard InChI is InChI=1S/C20H30FN7O4/c1-4-7-9-29-12-14-17(31-10-8-5-2)15(21)16(32-14)13-11-23-18-19(30-6-3)24-20(25-27-22)26-28(13)18/h11,14-17H,4-10,12H2,1-3H3/t14-,15+,16+,17-/m1/s1. The number of aromatic nitrogens is 4. The second-order valence-electron chi connectivity index (χ2n) is 7.41. The number of unbranched alkanes of at least 4 members (excludes halogenated alkanes) is 2. The van der Waals surface area contributed by atoms with E-state index in [0.717, 1.165) is 25.7 Å². The minimum atomic E-state index is -1.46. The zero-order valence-electron chi connectivity index (χ0n) is 18.7. The number of ether oxygens (including phenoxy) is 4. The van der Waals surface area contributed by atoms with Crippen LogP contribution in [-0.2, 0) is 14.2 Å². The van der Waals surface area contributed by atoms with E-state index >= 15 is 4.39 Å². The Hall–Kier alpha value is -2.53. The Kier molecular flexibility index (Phi) is 8.98. The van der Waals surface area contributed by atoms with Crippen LogP contribution in [0.15, 0.2) is 11.3 Å². The van der Waals surface area contributed by atoms with Crippen LogP contribution in [0, 0.1) is 0 Å². The molecule has 0 N–H and O–H groups in total. The van der Waals surface area contributed by atoms with E-state index < -0.39 is 24.5 Å². The molecule has 3 heterocycles. The smallest absolute Gasteiger partial charge is 0.261 e. The third-order valence-corrected chi connectivity index (χ3v) is 5.08. The van der Waals surface area contributed by atoms with E-state index in [2.05, 4.69) is 32.0 Å². The van der Waals surface area contributed by atoms with Gasteiger partial charge in [0.15, 0.2) is 6.17 Å². The average molecular weight is 452 g/mol. The minimum absolute atomic E-state index is 0.139. The maximum atomic E-state index is 15.6. The fourth-order valence-corrected chi connectivity index (χ4v) is 3.47. The number of hydrogen-bond acceptors (Lipinski definition) is 8. The van der Waals surface area contributed by atoms with E-state index in [4.69, 9.17) is 24.5 Å². The summed E-state index contributed by atoms with van der Waals surface area (Å²) in [6, 6.07) is 0. The van der Waals surface area contributed by atoms with Gasteiger partial charge in [-0.15, -0.1) is 5.10 Å². The van der Waals surface area contributed by atoms with Crippen LogP contribution < -0.4 is 4.74 Å². The summed E-state index contributed by atoms with van der Waals surface area (Å²) < 4.78 is 40.1. The van der Waals surface area contributed by atoms with E-state index in [0.29, 0.717) is 25.5 Å². The number of hydrogen-bond donors (Lipinski definition) is 0. The van der Waals surface area contributed by atoms with Gasteiger partial charge in [-0.2, -0.15) is 4.98 Å². The predicted octanol–water partition coefficient (Wildman–Crippen LogP) is 4.24. The fraction of sp³-hybridized carbons (Fsp3) is 0.750. The van der Waals surface area contributed by atoms with Crippen molar-refractivity contribution in [1.82, 2.24) is 19.6 Å². The monoisotopic (exact) mass is 451 g/mol. The van der Waals surface area contributed by atoms with Crippen LogP contribution in [0.4, 0.5) is 10.3 Å². The van der Waals surface area contributed by atoms with Crippen LogP contribution >= 0.6 is 0 Å². The highest BCUT2D eigenvalue weighted by molar-refractivity contribution is 5.51. The normalized spacial score (nSPS) is 22.9. The summed E-state index contributed by atoms with van der Waals surface area (Å²) in [5.74, 6) is -0.0222. The molecule has 2 aromatic heterocycles. The molecule has 11 nitrogen and oxygen atoms in total. The SMILES string of the molecule is CCCCOC[C@H]1O[C@@H](c2cnc3c(OCC)nc(N=[N+]=[N-])nn23)[C@H](F)[C@@H]1OCCCC. The van der Waals surface area contributed by atoms with Gasteiger partial charge >= 0.3 is 0 Å². The van der Waals surface area contributed by atoms with E-state index in [1.165, 1.54) is 10.7 Å². The number of nitrogens with zero attached hydrogens (tertiary/aromatic N) is 7. The summed E-state index contributed by atoms with van der Waals surface area (Å²) in [7, 11) is 0. The molecule has 0 radical (unpaired) electrons. The van der Waals surface area contributed by atoms with Gasteiger partial charge in [0, 0.05) is 18.1 Å². The Morgan fingerprint density at radius 1 is 1.25 bits per heavy atom. The lowest BCUT2D eigenvalue weighted by molar-refractivity contribution is -0.0673. The molecule has 1 aliphatic rings. The molecule has 0 unspecified atom stereocenters. The number of imidazole rings is 1. The maximum Gasteiger partial charge on any atom is 0.261 e. The zero-order chi connectivity index (χ0) is 22.9. The molecule has 0 bridgehead atoms. The Morgan fingerprint density at radius 2 is 2.03 bits per heavy atom. The van der Waals surface area contributed by atoms with E-state index in [1.807, 2.05) is 6.92 Å². The molecule has 0 spiro atoms. The maximum absolute atomic E-state index is 15.6. The van der Waals surface area contributed by atoms with Gasteiger partial charge in [-0.1, -0.05) is 26.7 Å². The quantitative estimate of drug-likeness (QED) is 0.193. The van der Waals surface area contributed by atoms with Crippen LogP contribution in [0.1, 0.15) is 58.3 Å². The minimum Gasteiger partial charge on any atom is -0.475 e. The molecule has 2 aromatic rings. The van der Waals surface area contributed by atoms with Crippen molar-refractivity contribution in [2.45, 2.75) is 70.9 Å². The topological polar surface area (TPSA) is 129 Å². The summed E-state index contributed by atoms with van der Waals surface area (Å²) in [5, 5.41) is 7.64. The lowest BCUT2D eigenvalue weighted by atomic mass is 10.1. The van der Waals surface area contributed by atoms with Crippen molar-refractivity contribution in [3.05, 3.63) is 22.3 Å². The number of rotatable bonds is 13. The van der Waals surface area contributed by atoms with Gasteiger partial charge in [0.05, 0.1) is 25.1 Å². The lowest BCUT2D eigenvalue weighted by Crippen LogP contribution is -2.34. The third kappa shape index (κ3) is 5.44. The van der Waals surface area contributed by atoms with Crippen LogP contribution in [0.3, 0.4) is 0 Å². The molecule has 32 heavy (non-hydrogen) atoms. The second-order valence-corrected chi connectivity index (χ2v) is 7.41. The summed E-state index contributed by atoms with van der Waals surface area (Å²) in [6.07, 6.45) is 1.37. The second kappa shape index (κ2) is 11.9. The van der Waals surface area contributed by atoms with Crippen molar-refractivity contribution in [2.24, 2.45) is 5.11 Å². The molecule has 0 aliphatic carbocycles. The first-order valence-corrected chi connectivity index (χ1v) is 11.1. The molecule has 1 aliphatic heterocycles. The molecule has 4 atom stereocenters. The van der Waals surface area contributed by atoms with Gasteiger partial charge < -0.3 is 18.9 Å². The van der Waals surface area contributed by atoms with Crippen LogP contribution in [0.25, 0.3) is 16.1 Å². The Bertz CT molecular complexity index is 921. The summed E-state index contributed by atoms with van der Waals surface area (Å²) in [6.45, 7) is 7.48. The van der Waals surface area contributed by atoms with Gasteiger partial charge in [0.25, 0.3) is 5.88 Å². The van der Waals surface area contributed by atoms with E-state index in [-0.39, 0.29) is 24.1 Å². The lowest BCUT2D eigenvalue weighted by Gasteiger charge is -2.20. The highest BCUT2D eigenvalue weighted by Crippen LogP contribution is 2.38. The number of halogens is 1. The third-order valence-electron chi connectivity index (χ3n) is 5.08. The van der Waals surface area contributed by atoms with Gasteiger partial charge in [-0.3, -0.25) is 0 Å². The largest absolute Gasteiger partial charge is 0.475 e. The van der Waals surface area contributed by atoms with Crippen LogP contribution in [0.2, 0.25) is 0 Å². The molecule has 176 valence electrons. The predicted molar refractivity (Wildman–Crippen MR) is 114 cm³/mol. The molecular formula is C20H30FN7O4. The first-order valence-electron chi connectivity index (χ1n) is 11.1. The zero-order valence-corrected chi connectivity index (χ0v) is 18.7. The van der Waals surface area contributed by atoms with Crippen molar-refractivity contribution in [2.75, 3.05) is 26.4 Å². The molecule has 0 aromatic carbocycles. The van der Waals surface area contributed by atoms with Crippen LogP contribution in [0.5, 0.6) is 5.88 Å². The molecule has 3 rings (SSSR count). The first kappa shape index (κ1) is 24.1. The van der Waals surface area contributed by atoms with Gasteiger partial charge in [-0.05, 0) is 30.4 Å². The Balaban J connectivity index is 1.90. The molecule has 0 saturated carbocycles. The van der Waals surface area contributed by atoms with Crippen molar-refractivity contribution in [3.8, 4) is 5.88 Å². The van der Waals surface area contributed by atoms with E-state index in [9.17, 15) is 0 Å². The Labute approximate surface area is 185 Å². The summed E-state index contributed by atoms with van der Waals surface area (Å²) in [4.78, 5) is 11.1. The van der Waals surface area contributed by atoms with Crippen molar-refractivity contribution in [3.63, 3.8) is 0 Å². The number of fused-ring (bicyclic) bond motifs is 1. The highest BCUT2D eigenvalue weighted by atomic mass is 19.1. The van der Waals surface area contributed by atoms with Gasteiger partial charge in [0.2, 0.25) is 11.6 Å². The van der Waals surface area contributed by atoms with Crippen molar-refractivity contribution >= 4 is 11.6 Å². The van der Waals surface area contributed by atoms with Gasteiger partial charge in [0.1, 0.15) is 18.3 Å². The fourth-order valence-electron chi connectivity index (χ4n) is 3.47. The first-order chi connectivity index (χ1) is 15.6. The summed E-state index contributed by atoms with van der Waals surface area (Å²) >= 11 is 0. The highest BCUT2D eigenvalue weighted by Gasteiger charge is 2.48. The Morgan fingerprint density at radius 3 is 2.75 bits per heavy atom. The van der Waals surface area contributed by atoms with E-state index in [1.54, 1.807) is 6.92 Å². The molecule has 0 amide bonds. The molecule has 1 fully saturated rings. The molecule has 12 heteroatoms. The van der Waals surface area contributed by atoms with Crippen molar-refractivity contribution in [1.29, 1.82) is 0 Å². The molecule has 1 saturated heterocycles. The number of azide groups is 1. The average Bonchev–Trinajstić information content (AvgIpc) is 3.33. The number of alkyl halides is 1. The summed E-state index contributed by atoms with van der Waals surface area (Å²) in [5.41, 5.74) is 9.41. The molecular weight excluding hydrogens is 421 g/mol. The van der Waals surface area contributed by atoms with Crippen molar-refractivity contribution < 1.29 is 23.3 Å². The van der Waals surface area contributed by atoms with Crippen LogP contribution in [-0.4, -0.2) is 64.4 Å². The van der Waals surface area contributed by atoms with Gasteiger partial charge in [-0.25, -0.2) is 13.9 Å².